The summed E-state index contributed by atoms with van der Waals surface area (Å²) in [4.78, 5) is 21.5. The van der Waals surface area contributed by atoms with Crippen LogP contribution in [0.25, 0.3) is 0 Å². The predicted octanol–water partition coefficient (Wildman–Crippen LogP) is 1.46. The monoisotopic (exact) mass is 268 g/mol. The summed E-state index contributed by atoms with van der Waals surface area (Å²) in [5, 5.41) is 22.6. The Morgan fingerprint density at radius 1 is 1.58 bits per heavy atom. The summed E-state index contributed by atoms with van der Waals surface area (Å²) in [5.74, 6) is -0.952. The number of phenols is 1. The Hall–Kier alpha value is -2.15. The van der Waals surface area contributed by atoms with Crippen LogP contribution in [0, 0.1) is 10.1 Å². The Bertz CT molecular complexity index is 475. The molecule has 0 aromatic heterocycles. The number of aromatic hydroxyl groups is 1. The van der Waals surface area contributed by atoms with Crippen LogP contribution in [0.2, 0.25) is 0 Å². The summed E-state index contributed by atoms with van der Waals surface area (Å²) in [6.07, 6.45) is -0.124. The van der Waals surface area contributed by atoms with Crippen LogP contribution >= 0.6 is 0 Å². The zero-order chi connectivity index (χ0) is 14.4. The van der Waals surface area contributed by atoms with Gasteiger partial charge in [-0.05, 0) is 26.0 Å². The molecule has 2 N–H and O–H groups in total. The van der Waals surface area contributed by atoms with Gasteiger partial charge in [0.25, 0.3) is 5.91 Å². The van der Waals surface area contributed by atoms with E-state index in [4.69, 9.17) is 4.74 Å². The van der Waals surface area contributed by atoms with Crippen molar-refractivity contribution < 1.29 is 19.6 Å². The normalized spacial score (nSPS) is 11.9. The van der Waals surface area contributed by atoms with Gasteiger partial charge in [0.15, 0.2) is 5.75 Å². The van der Waals surface area contributed by atoms with Crippen LogP contribution in [0.3, 0.4) is 0 Å². The lowest BCUT2D eigenvalue weighted by molar-refractivity contribution is -0.385. The molecule has 0 spiro atoms. The Morgan fingerprint density at radius 3 is 2.79 bits per heavy atom. The lowest BCUT2D eigenvalue weighted by Gasteiger charge is -2.12. The van der Waals surface area contributed by atoms with E-state index in [1.807, 2.05) is 13.8 Å². The van der Waals surface area contributed by atoms with Crippen LogP contribution in [0.5, 0.6) is 5.75 Å². The van der Waals surface area contributed by atoms with Gasteiger partial charge in [-0.25, -0.2) is 0 Å². The number of ether oxygens (including phenoxy) is 1. The van der Waals surface area contributed by atoms with Gasteiger partial charge >= 0.3 is 5.69 Å². The van der Waals surface area contributed by atoms with Gasteiger partial charge < -0.3 is 15.2 Å². The van der Waals surface area contributed by atoms with E-state index in [2.05, 4.69) is 5.32 Å². The van der Waals surface area contributed by atoms with Crippen LogP contribution in [-0.2, 0) is 4.74 Å². The average Bonchev–Trinajstić information content (AvgIpc) is 2.35. The number of nitro groups is 1. The molecule has 7 heteroatoms. The van der Waals surface area contributed by atoms with E-state index in [0.717, 1.165) is 12.1 Å². The Labute approximate surface area is 110 Å². The molecule has 1 amide bonds. The quantitative estimate of drug-likeness (QED) is 0.600. The number of hydrogen-bond donors (Lipinski definition) is 2. The fourth-order valence-corrected chi connectivity index (χ4v) is 1.50. The van der Waals surface area contributed by atoms with Crippen molar-refractivity contribution in [3.63, 3.8) is 0 Å². The summed E-state index contributed by atoms with van der Waals surface area (Å²) in [6.45, 7) is 4.55. The third kappa shape index (κ3) is 4.22. The SMILES string of the molecule is CCOC(C)CNC(=O)c1ccc([N+](=O)[O-])c(O)c1. The maximum Gasteiger partial charge on any atom is 0.310 e. The minimum atomic E-state index is -0.714. The molecule has 7 nitrogen and oxygen atoms in total. The third-order valence-corrected chi connectivity index (χ3v) is 2.44. The first-order valence-corrected chi connectivity index (χ1v) is 5.83. The van der Waals surface area contributed by atoms with Gasteiger partial charge in [-0.1, -0.05) is 0 Å². The molecule has 0 saturated carbocycles. The van der Waals surface area contributed by atoms with E-state index in [-0.39, 0.29) is 11.7 Å². The Morgan fingerprint density at radius 2 is 2.26 bits per heavy atom. The highest BCUT2D eigenvalue weighted by Gasteiger charge is 2.16. The Kier molecular flexibility index (Phi) is 5.25. The first kappa shape index (κ1) is 14.9. The summed E-state index contributed by atoms with van der Waals surface area (Å²) in [5.41, 5.74) is -0.272. The number of phenolic OH excluding ortho intramolecular Hbond substituents is 1. The van der Waals surface area contributed by atoms with Crippen molar-refractivity contribution in [3.8, 4) is 5.75 Å². The molecule has 1 aromatic rings. The van der Waals surface area contributed by atoms with Gasteiger partial charge in [-0.3, -0.25) is 14.9 Å². The van der Waals surface area contributed by atoms with Gasteiger partial charge in [0, 0.05) is 24.8 Å². The minimum Gasteiger partial charge on any atom is -0.502 e. The summed E-state index contributed by atoms with van der Waals surface area (Å²) >= 11 is 0. The predicted molar refractivity (Wildman–Crippen MR) is 68.2 cm³/mol. The molecule has 19 heavy (non-hydrogen) atoms. The molecule has 0 heterocycles. The van der Waals surface area contributed by atoms with E-state index >= 15 is 0 Å². The zero-order valence-corrected chi connectivity index (χ0v) is 10.8. The van der Waals surface area contributed by atoms with Crippen molar-refractivity contribution in [3.05, 3.63) is 33.9 Å². The molecule has 0 aliphatic carbocycles. The van der Waals surface area contributed by atoms with E-state index in [9.17, 15) is 20.0 Å². The highest BCUT2D eigenvalue weighted by molar-refractivity contribution is 5.95. The van der Waals surface area contributed by atoms with E-state index in [1.165, 1.54) is 6.07 Å². The van der Waals surface area contributed by atoms with Crippen molar-refractivity contribution in [1.82, 2.24) is 5.32 Å². The molecule has 1 unspecified atom stereocenters. The fraction of sp³-hybridized carbons (Fsp3) is 0.417. The smallest absolute Gasteiger partial charge is 0.310 e. The highest BCUT2D eigenvalue weighted by atomic mass is 16.6. The summed E-state index contributed by atoms with van der Waals surface area (Å²) in [7, 11) is 0. The first-order chi connectivity index (χ1) is 8.95. The topological polar surface area (TPSA) is 102 Å². The fourth-order valence-electron chi connectivity index (χ4n) is 1.50. The second-order valence-electron chi connectivity index (χ2n) is 3.94. The first-order valence-electron chi connectivity index (χ1n) is 5.83. The Balaban J connectivity index is 2.68. The number of nitro benzene ring substituents is 1. The standard InChI is InChI=1S/C12H16N2O5/c1-3-19-8(2)7-13-12(16)9-4-5-10(14(17)18)11(15)6-9/h4-6,8,15H,3,7H2,1-2H3,(H,13,16). The van der Waals surface area contributed by atoms with Crippen LogP contribution < -0.4 is 5.32 Å². The van der Waals surface area contributed by atoms with Crippen molar-refractivity contribution in [2.24, 2.45) is 0 Å². The maximum atomic E-state index is 11.7. The molecular formula is C12H16N2O5. The molecule has 104 valence electrons. The van der Waals surface area contributed by atoms with Crippen LogP contribution in [0.4, 0.5) is 5.69 Å². The van der Waals surface area contributed by atoms with Gasteiger partial charge in [-0.15, -0.1) is 0 Å². The molecule has 0 saturated heterocycles. The van der Waals surface area contributed by atoms with Gasteiger partial charge in [0.1, 0.15) is 0 Å². The lowest BCUT2D eigenvalue weighted by atomic mass is 10.1. The molecule has 1 rings (SSSR count). The van der Waals surface area contributed by atoms with Crippen molar-refractivity contribution in [2.45, 2.75) is 20.0 Å². The van der Waals surface area contributed by atoms with Crippen LogP contribution in [-0.4, -0.2) is 35.2 Å². The van der Waals surface area contributed by atoms with Gasteiger partial charge in [-0.2, -0.15) is 0 Å². The molecule has 0 aliphatic heterocycles. The third-order valence-electron chi connectivity index (χ3n) is 2.44. The molecule has 0 aliphatic rings. The van der Waals surface area contributed by atoms with Gasteiger partial charge in [0.05, 0.1) is 11.0 Å². The molecule has 0 bridgehead atoms. The summed E-state index contributed by atoms with van der Waals surface area (Å²) in [6, 6.07) is 3.45. The number of hydrogen-bond acceptors (Lipinski definition) is 5. The average molecular weight is 268 g/mol. The van der Waals surface area contributed by atoms with Crippen molar-refractivity contribution in [1.29, 1.82) is 0 Å². The summed E-state index contributed by atoms with van der Waals surface area (Å²) < 4.78 is 5.25. The number of carbonyl (C=O) groups excluding carboxylic acids is 1. The van der Waals surface area contributed by atoms with Crippen molar-refractivity contribution >= 4 is 11.6 Å². The van der Waals surface area contributed by atoms with E-state index < -0.39 is 22.3 Å². The lowest BCUT2D eigenvalue weighted by Crippen LogP contribution is -2.32. The molecular weight excluding hydrogens is 252 g/mol. The van der Waals surface area contributed by atoms with Crippen molar-refractivity contribution in [2.75, 3.05) is 13.2 Å². The number of amides is 1. The van der Waals surface area contributed by atoms with Crippen LogP contribution in [0.1, 0.15) is 24.2 Å². The zero-order valence-electron chi connectivity index (χ0n) is 10.8. The largest absolute Gasteiger partial charge is 0.502 e. The maximum absolute atomic E-state index is 11.7. The second-order valence-corrected chi connectivity index (χ2v) is 3.94. The van der Waals surface area contributed by atoms with E-state index in [0.29, 0.717) is 13.2 Å². The number of benzene rings is 1. The number of nitrogens with one attached hydrogen (secondary N) is 1. The number of carbonyl (C=O) groups is 1. The molecule has 1 atom stereocenters. The molecule has 0 radical (unpaired) electrons. The minimum absolute atomic E-state index is 0.124. The second kappa shape index (κ2) is 6.69. The molecule has 0 fully saturated rings. The number of rotatable bonds is 6. The highest BCUT2D eigenvalue weighted by Crippen LogP contribution is 2.26. The van der Waals surface area contributed by atoms with E-state index in [1.54, 1.807) is 0 Å². The number of nitrogens with zero attached hydrogens (tertiary/aromatic N) is 1. The van der Waals surface area contributed by atoms with Gasteiger partial charge in [0.2, 0.25) is 0 Å². The molecule has 1 aromatic carbocycles. The van der Waals surface area contributed by atoms with Crippen LogP contribution in [0.15, 0.2) is 18.2 Å².